The van der Waals surface area contributed by atoms with E-state index in [2.05, 4.69) is 10.2 Å². The molecule has 0 saturated carbocycles. The molecule has 92 valence electrons. The lowest BCUT2D eigenvalue weighted by Gasteiger charge is -2.00. The molecular weight excluding hydrogens is 239 g/mol. The molecule has 0 saturated heterocycles. The maximum Gasteiger partial charge on any atom is 0.130 e. The van der Waals surface area contributed by atoms with Crippen molar-refractivity contribution in [2.45, 2.75) is 0 Å². The lowest BCUT2D eigenvalue weighted by atomic mass is 10.1. The second-order valence-corrected chi connectivity index (χ2v) is 4.17. The standard InChI is InChI=1S/C16H11FN2/c17-15-7-3-1-5-12(15)9-10-13-11-18-19-16-8-4-2-6-14(13)16/h1-11H. The van der Waals surface area contributed by atoms with Gasteiger partial charge in [0.2, 0.25) is 0 Å². The zero-order valence-corrected chi connectivity index (χ0v) is 10.1. The van der Waals surface area contributed by atoms with Crippen LogP contribution in [-0.2, 0) is 0 Å². The third-order valence-electron chi connectivity index (χ3n) is 2.93. The molecule has 0 radical (unpaired) electrons. The number of hydrogen-bond donors (Lipinski definition) is 0. The van der Waals surface area contributed by atoms with Crippen molar-refractivity contribution in [3.63, 3.8) is 0 Å². The van der Waals surface area contributed by atoms with Crippen molar-refractivity contribution in [1.29, 1.82) is 0 Å². The molecule has 3 rings (SSSR count). The molecule has 2 nitrogen and oxygen atoms in total. The average Bonchev–Trinajstić information content (AvgIpc) is 2.46. The summed E-state index contributed by atoms with van der Waals surface area (Å²) in [6.45, 7) is 0. The molecule has 0 aliphatic rings. The first-order valence-corrected chi connectivity index (χ1v) is 5.97. The molecule has 0 aliphatic heterocycles. The molecule has 2 aromatic carbocycles. The molecule has 0 fully saturated rings. The Bertz CT molecular complexity index is 745. The van der Waals surface area contributed by atoms with Crippen LogP contribution in [0.2, 0.25) is 0 Å². The Morgan fingerprint density at radius 3 is 2.47 bits per heavy atom. The normalized spacial score (nSPS) is 11.2. The van der Waals surface area contributed by atoms with E-state index in [1.807, 2.05) is 36.4 Å². The molecule has 19 heavy (non-hydrogen) atoms. The van der Waals surface area contributed by atoms with Gasteiger partial charge in [-0.05, 0) is 12.1 Å². The third-order valence-corrected chi connectivity index (χ3v) is 2.93. The van der Waals surface area contributed by atoms with Crippen LogP contribution >= 0.6 is 0 Å². The number of nitrogens with zero attached hydrogens (tertiary/aromatic N) is 2. The molecule has 0 N–H and O–H groups in total. The van der Waals surface area contributed by atoms with E-state index in [1.165, 1.54) is 6.07 Å². The molecule has 0 atom stereocenters. The van der Waals surface area contributed by atoms with E-state index in [0.29, 0.717) is 5.56 Å². The molecule has 0 bridgehead atoms. The Labute approximate surface area is 110 Å². The zero-order chi connectivity index (χ0) is 13.1. The van der Waals surface area contributed by atoms with Gasteiger partial charge in [0.05, 0.1) is 11.7 Å². The van der Waals surface area contributed by atoms with E-state index in [0.717, 1.165) is 16.5 Å². The van der Waals surface area contributed by atoms with Gasteiger partial charge in [-0.15, -0.1) is 0 Å². The Kier molecular flexibility index (Phi) is 3.02. The summed E-state index contributed by atoms with van der Waals surface area (Å²) in [4.78, 5) is 0. The molecule has 1 aromatic heterocycles. The van der Waals surface area contributed by atoms with Gasteiger partial charge < -0.3 is 0 Å². The first-order chi connectivity index (χ1) is 9.34. The summed E-state index contributed by atoms with van der Waals surface area (Å²) >= 11 is 0. The summed E-state index contributed by atoms with van der Waals surface area (Å²) in [7, 11) is 0. The fraction of sp³-hybridized carbons (Fsp3) is 0. The van der Waals surface area contributed by atoms with E-state index in [4.69, 9.17) is 0 Å². The van der Waals surface area contributed by atoms with E-state index in [9.17, 15) is 4.39 Å². The van der Waals surface area contributed by atoms with Crippen molar-refractivity contribution < 1.29 is 4.39 Å². The highest BCUT2D eigenvalue weighted by atomic mass is 19.1. The molecule has 3 heteroatoms. The smallest absolute Gasteiger partial charge is 0.130 e. The summed E-state index contributed by atoms with van der Waals surface area (Å²) < 4.78 is 13.5. The van der Waals surface area contributed by atoms with Gasteiger partial charge in [0, 0.05) is 16.5 Å². The van der Waals surface area contributed by atoms with Crippen molar-refractivity contribution >= 4 is 23.1 Å². The van der Waals surface area contributed by atoms with Crippen molar-refractivity contribution in [2.75, 3.05) is 0 Å². The monoisotopic (exact) mass is 250 g/mol. The quantitative estimate of drug-likeness (QED) is 0.688. The van der Waals surface area contributed by atoms with E-state index in [1.54, 1.807) is 24.4 Å². The van der Waals surface area contributed by atoms with Crippen molar-refractivity contribution in [3.05, 3.63) is 71.7 Å². The minimum atomic E-state index is -0.231. The first kappa shape index (κ1) is 11.5. The van der Waals surface area contributed by atoms with Crippen LogP contribution in [0.25, 0.3) is 23.1 Å². The maximum atomic E-state index is 13.5. The number of halogens is 1. The summed E-state index contributed by atoms with van der Waals surface area (Å²) in [5.74, 6) is -0.231. The Morgan fingerprint density at radius 2 is 1.58 bits per heavy atom. The molecule has 0 spiro atoms. The maximum absolute atomic E-state index is 13.5. The fourth-order valence-corrected chi connectivity index (χ4v) is 1.95. The summed E-state index contributed by atoms with van der Waals surface area (Å²) in [5.41, 5.74) is 2.32. The van der Waals surface area contributed by atoms with Crippen LogP contribution in [0.4, 0.5) is 4.39 Å². The van der Waals surface area contributed by atoms with Gasteiger partial charge in [0.1, 0.15) is 5.82 Å². The van der Waals surface area contributed by atoms with Crippen LogP contribution < -0.4 is 0 Å². The van der Waals surface area contributed by atoms with Crippen LogP contribution in [0, 0.1) is 5.82 Å². The highest BCUT2D eigenvalue weighted by Gasteiger charge is 2.00. The van der Waals surface area contributed by atoms with Gasteiger partial charge in [-0.25, -0.2) is 4.39 Å². The Hall–Kier alpha value is -2.55. The highest BCUT2D eigenvalue weighted by Crippen LogP contribution is 2.18. The van der Waals surface area contributed by atoms with Crippen LogP contribution in [0.1, 0.15) is 11.1 Å². The SMILES string of the molecule is Fc1ccccc1C=Cc1cnnc2ccccc12. The Morgan fingerprint density at radius 1 is 0.842 bits per heavy atom. The molecule has 1 heterocycles. The lowest BCUT2D eigenvalue weighted by Crippen LogP contribution is -1.86. The van der Waals surface area contributed by atoms with E-state index in [-0.39, 0.29) is 5.82 Å². The molecule has 3 aromatic rings. The van der Waals surface area contributed by atoms with Gasteiger partial charge >= 0.3 is 0 Å². The predicted octanol–water partition coefficient (Wildman–Crippen LogP) is 3.94. The van der Waals surface area contributed by atoms with Crippen LogP contribution in [-0.4, -0.2) is 10.2 Å². The van der Waals surface area contributed by atoms with E-state index >= 15 is 0 Å². The fourth-order valence-electron chi connectivity index (χ4n) is 1.95. The number of aromatic nitrogens is 2. The molecular formula is C16H11FN2. The van der Waals surface area contributed by atoms with Crippen LogP contribution in [0.5, 0.6) is 0 Å². The van der Waals surface area contributed by atoms with Crippen LogP contribution in [0.15, 0.2) is 54.7 Å². The minimum Gasteiger partial charge on any atom is -0.206 e. The van der Waals surface area contributed by atoms with Crippen LogP contribution in [0.3, 0.4) is 0 Å². The Balaban J connectivity index is 2.04. The van der Waals surface area contributed by atoms with Gasteiger partial charge in [-0.1, -0.05) is 48.6 Å². The van der Waals surface area contributed by atoms with Crippen molar-refractivity contribution in [3.8, 4) is 0 Å². The number of fused-ring (bicyclic) bond motifs is 1. The average molecular weight is 250 g/mol. The first-order valence-electron chi connectivity index (χ1n) is 5.97. The van der Waals surface area contributed by atoms with E-state index < -0.39 is 0 Å². The number of benzene rings is 2. The van der Waals surface area contributed by atoms with Gasteiger partial charge in [-0.2, -0.15) is 10.2 Å². The molecule has 0 aliphatic carbocycles. The highest BCUT2D eigenvalue weighted by molar-refractivity contribution is 5.89. The molecule has 0 unspecified atom stereocenters. The minimum absolute atomic E-state index is 0.231. The number of rotatable bonds is 2. The van der Waals surface area contributed by atoms with Gasteiger partial charge in [0.15, 0.2) is 0 Å². The summed E-state index contributed by atoms with van der Waals surface area (Å²) in [5, 5.41) is 9.01. The largest absolute Gasteiger partial charge is 0.206 e. The topological polar surface area (TPSA) is 25.8 Å². The predicted molar refractivity (Wildman–Crippen MR) is 74.9 cm³/mol. The second-order valence-electron chi connectivity index (χ2n) is 4.17. The lowest BCUT2D eigenvalue weighted by molar-refractivity contribution is 0.625. The van der Waals surface area contributed by atoms with Gasteiger partial charge in [0.25, 0.3) is 0 Å². The molecule has 0 amide bonds. The summed E-state index contributed by atoms with van der Waals surface area (Å²) in [6.07, 6.45) is 5.29. The number of hydrogen-bond acceptors (Lipinski definition) is 2. The van der Waals surface area contributed by atoms with Crippen molar-refractivity contribution in [1.82, 2.24) is 10.2 Å². The third kappa shape index (κ3) is 2.36. The second kappa shape index (κ2) is 4.98. The van der Waals surface area contributed by atoms with Crippen molar-refractivity contribution in [2.24, 2.45) is 0 Å². The van der Waals surface area contributed by atoms with Gasteiger partial charge in [-0.3, -0.25) is 0 Å². The zero-order valence-electron chi connectivity index (χ0n) is 10.1. The summed E-state index contributed by atoms with van der Waals surface area (Å²) in [6, 6.07) is 14.4.